The molecule has 2 aromatic rings. The van der Waals surface area contributed by atoms with Crippen LogP contribution in [0.2, 0.25) is 0 Å². The maximum Gasteiger partial charge on any atom is 0.251 e. The third-order valence-electron chi connectivity index (χ3n) is 4.28. The molecule has 5 nitrogen and oxygen atoms in total. The van der Waals surface area contributed by atoms with Gasteiger partial charge in [0.05, 0.1) is 6.04 Å². The Balaban J connectivity index is 1.57. The van der Waals surface area contributed by atoms with E-state index in [0.29, 0.717) is 17.1 Å². The summed E-state index contributed by atoms with van der Waals surface area (Å²) in [6, 6.07) is 11.6. The molecule has 0 radical (unpaired) electrons. The number of carbonyl (C=O) groups excluding carboxylic acids is 1. The Morgan fingerprint density at radius 3 is 2.96 bits per heavy atom. The average Bonchev–Trinajstić information content (AvgIpc) is 3.03. The topological polar surface area (TPSA) is 59.6 Å². The van der Waals surface area contributed by atoms with E-state index in [1.54, 1.807) is 18.2 Å². The second-order valence-corrected chi connectivity index (χ2v) is 5.93. The van der Waals surface area contributed by atoms with Crippen LogP contribution < -0.4 is 20.1 Å². The molecular weight excluding hydrogens is 292 g/mol. The van der Waals surface area contributed by atoms with Gasteiger partial charge in [-0.05, 0) is 36.2 Å². The molecule has 0 saturated carbocycles. The number of ether oxygens (including phenoxy) is 2. The van der Waals surface area contributed by atoms with Crippen LogP contribution in [0.5, 0.6) is 11.5 Å². The Bertz CT molecular complexity index is 773. The Labute approximate surface area is 134 Å². The van der Waals surface area contributed by atoms with Crippen LogP contribution in [-0.2, 0) is 6.54 Å². The molecule has 0 spiro atoms. The van der Waals surface area contributed by atoms with Gasteiger partial charge >= 0.3 is 0 Å². The van der Waals surface area contributed by atoms with Gasteiger partial charge in [-0.2, -0.15) is 0 Å². The predicted octanol–water partition coefficient (Wildman–Crippen LogP) is 2.30. The van der Waals surface area contributed by atoms with E-state index in [2.05, 4.69) is 35.8 Å². The highest BCUT2D eigenvalue weighted by Gasteiger charge is 2.23. The third-order valence-corrected chi connectivity index (χ3v) is 4.28. The number of rotatable bonds is 2. The Hall–Kier alpha value is -2.53. The Morgan fingerprint density at radius 2 is 2.04 bits per heavy atom. The SMILES string of the molecule is Cc1ccc2c(c1)C(NC(=O)c1ccc3c(c1)OCO3)CNC2. The van der Waals surface area contributed by atoms with Crippen molar-refractivity contribution in [3.63, 3.8) is 0 Å². The van der Waals surface area contributed by atoms with Crippen LogP contribution in [0.25, 0.3) is 0 Å². The molecule has 2 N–H and O–H groups in total. The standard InChI is InChI=1S/C18H18N2O3/c1-11-2-3-13-8-19-9-15(14(13)6-11)20-18(21)12-4-5-16-17(7-12)23-10-22-16/h2-7,15,19H,8-10H2,1H3,(H,20,21). The van der Waals surface area contributed by atoms with Crippen molar-refractivity contribution in [1.29, 1.82) is 0 Å². The number of benzene rings is 2. The molecule has 1 amide bonds. The van der Waals surface area contributed by atoms with Gasteiger partial charge in [0.25, 0.3) is 5.91 Å². The maximum absolute atomic E-state index is 12.6. The largest absolute Gasteiger partial charge is 0.454 e. The first kappa shape index (κ1) is 14.1. The van der Waals surface area contributed by atoms with Crippen molar-refractivity contribution >= 4 is 5.91 Å². The van der Waals surface area contributed by atoms with Crippen LogP contribution in [0.3, 0.4) is 0 Å². The minimum Gasteiger partial charge on any atom is -0.454 e. The van der Waals surface area contributed by atoms with Crippen LogP contribution >= 0.6 is 0 Å². The number of aryl methyl sites for hydroxylation is 1. The summed E-state index contributed by atoms with van der Waals surface area (Å²) in [6.07, 6.45) is 0. The van der Waals surface area contributed by atoms with Crippen LogP contribution in [0.4, 0.5) is 0 Å². The van der Waals surface area contributed by atoms with Gasteiger partial charge in [-0.25, -0.2) is 0 Å². The summed E-state index contributed by atoms with van der Waals surface area (Å²) in [7, 11) is 0. The monoisotopic (exact) mass is 310 g/mol. The van der Waals surface area contributed by atoms with Gasteiger partial charge in [0.15, 0.2) is 11.5 Å². The molecule has 5 heteroatoms. The summed E-state index contributed by atoms with van der Waals surface area (Å²) in [6.45, 7) is 3.84. The molecule has 0 saturated heterocycles. The lowest BCUT2D eigenvalue weighted by atomic mass is 9.94. The van der Waals surface area contributed by atoms with Crippen molar-refractivity contribution < 1.29 is 14.3 Å². The number of fused-ring (bicyclic) bond motifs is 2. The lowest BCUT2D eigenvalue weighted by Crippen LogP contribution is -2.39. The summed E-state index contributed by atoms with van der Waals surface area (Å²) < 4.78 is 10.6. The zero-order valence-corrected chi connectivity index (χ0v) is 12.9. The molecule has 2 aliphatic heterocycles. The van der Waals surface area contributed by atoms with E-state index in [4.69, 9.17) is 9.47 Å². The minimum absolute atomic E-state index is 0.0310. The van der Waals surface area contributed by atoms with E-state index in [-0.39, 0.29) is 18.7 Å². The molecule has 0 bridgehead atoms. The third kappa shape index (κ3) is 2.64. The van der Waals surface area contributed by atoms with Gasteiger partial charge in [0.2, 0.25) is 6.79 Å². The molecule has 118 valence electrons. The predicted molar refractivity (Wildman–Crippen MR) is 85.7 cm³/mol. The van der Waals surface area contributed by atoms with Crippen LogP contribution in [0.15, 0.2) is 36.4 Å². The number of hydrogen-bond donors (Lipinski definition) is 2. The summed E-state index contributed by atoms with van der Waals surface area (Å²) in [4.78, 5) is 12.6. The number of amides is 1. The minimum atomic E-state index is -0.107. The highest BCUT2D eigenvalue weighted by molar-refractivity contribution is 5.95. The maximum atomic E-state index is 12.6. The first-order valence-corrected chi connectivity index (χ1v) is 7.71. The summed E-state index contributed by atoms with van der Waals surface area (Å²) in [5.41, 5.74) is 4.21. The van der Waals surface area contributed by atoms with E-state index < -0.39 is 0 Å². The zero-order valence-electron chi connectivity index (χ0n) is 12.9. The van der Waals surface area contributed by atoms with Crippen LogP contribution in [0.1, 0.15) is 33.1 Å². The zero-order chi connectivity index (χ0) is 15.8. The smallest absolute Gasteiger partial charge is 0.251 e. The van der Waals surface area contributed by atoms with E-state index in [9.17, 15) is 4.79 Å². The molecule has 23 heavy (non-hydrogen) atoms. The van der Waals surface area contributed by atoms with Gasteiger partial charge in [-0.1, -0.05) is 23.8 Å². The van der Waals surface area contributed by atoms with Crippen molar-refractivity contribution in [3.8, 4) is 11.5 Å². The van der Waals surface area contributed by atoms with E-state index in [0.717, 1.165) is 13.1 Å². The van der Waals surface area contributed by atoms with E-state index >= 15 is 0 Å². The number of carbonyl (C=O) groups is 1. The Morgan fingerprint density at radius 1 is 1.17 bits per heavy atom. The van der Waals surface area contributed by atoms with E-state index in [1.165, 1.54) is 16.7 Å². The number of nitrogens with one attached hydrogen (secondary N) is 2. The number of hydrogen-bond acceptors (Lipinski definition) is 4. The van der Waals surface area contributed by atoms with Gasteiger partial charge in [0, 0.05) is 18.7 Å². The molecule has 0 aliphatic carbocycles. The van der Waals surface area contributed by atoms with Crippen LogP contribution in [-0.4, -0.2) is 19.2 Å². The average molecular weight is 310 g/mol. The normalized spacial score (nSPS) is 18.4. The quantitative estimate of drug-likeness (QED) is 0.893. The fourth-order valence-electron chi connectivity index (χ4n) is 3.07. The Kier molecular flexibility index (Phi) is 3.42. The van der Waals surface area contributed by atoms with Gasteiger partial charge in [-0.15, -0.1) is 0 Å². The first-order chi connectivity index (χ1) is 11.2. The summed E-state index contributed by atoms with van der Waals surface area (Å²) in [5, 5.41) is 6.46. The highest BCUT2D eigenvalue weighted by Crippen LogP contribution is 2.32. The lowest BCUT2D eigenvalue weighted by molar-refractivity contribution is 0.0934. The van der Waals surface area contributed by atoms with Gasteiger partial charge < -0.3 is 20.1 Å². The van der Waals surface area contributed by atoms with E-state index in [1.807, 2.05) is 0 Å². The van der Waals surface area contributed by atoms with Crippen molar-refractivity contribution in [2.45, 2.75) is 19.5 Å². The van der Waals surface area contributed by atoms with Crippen molar-refractivity contribution in [2.24, 2.45) is 0 Å². The fraction of sp³-hybridized carbons (Fsp3) is 0.278. The molecule has 1 unspecified atom stereocenters. The molecule has 0 fully saturated rings. The molecule has 2 aromatic carbocycles. The van der Waals surface area contributed by atoms with Crippen LogP contribution in [0, 0.1) is 6.92 Å². The molecule has 2 heterocycles. The fourth-order valence-corrected chi connectivity index (χ4v) is 3.07. The molecule has 4 rings (SSSR count). The molecule has 0 aromatic heterocycles. The lowest BCUT2D eigenvalue weighted by Gasteiger charge is -2.27. The highest BCUT2D eigenvalue weighted by atomic mass is 16.7. The van der Waals surface area contributed by atoms with Gasteiger partial charge in [-0.3, -0.25) is 4.79 Å². The summed E-state index contributed by atoms with van der Waals surface area (Å²) in [5.74, 6) is 1.20. The van der Waals surface area contributed by atoms with Crippen molar-refractivity contribution in [2.75, 3.05) is 13.3 Å². The summed E-state index contributed by atoms with van der Waals surface area (Å²) >= 11 is 0. The second-order valence-electron chi connectivity index (χ2n) is 5.93. The molecule has 1 atom stereocenters. The van der Waals surface area contributed by atoms with Gasteiger partial charge in [0.1, 0.15) is 0 Å². The van der Waals surface area contributed by atoms with Crippen molar-refractivity contribution in [1.82, 2.24) is 10.6 Å². The first-order valence-electron chi connectivity index (χ1n) is 7.71. The molecular formula is C18H18N2O3. The van der Waals surface area contributed by atoms with Crippen molar-refractivity contribution in [3.05, 3.63) is 58.7 Å². The molecule has 2 aliphatic rings. The second kappa shape index (κ2) is 5.59.